The van der Waals surface area contributed by atoms with Crippen molar-refractivity contribution in [1.29, 1.82) is 0 Å². The van der Waals surface area contributed by atoms with Crippen LogP contribution in [-0.4, -0.2) is 21.9 Å². The van der Waals surface area contributed by atoms with Crippen molar-refractivity contribution in [3.8, 4) is 5.75 Å². The number of carbonyl (C=O) groups excluding carboxylic acids is 1. The van der Waals surface area contributed by atoms with Crippen molar-refractivity contribution in [2.24, 2.45) is 0 Å². The third kappa shape index (κ3) is 3.74. The summed E-state index contributed by atoms with van der Waals surface area (Å²) in [5, 5.41) is 3.16. The van der Waals surface area contributed by atoms with Gasteiger partial charge in [0.05, 0.1) is 18.2 Å². The Labute approximate surface area is 163 Å². The van der Waals surface area contributed by atoms with E-state index in [-0.39, 0.29) is 11.9 Å². The molecule has 2 aromatic heterocycles. The Morgan fingerprint density at radius 3 is 2.54 bits per heavy atom. The number of nitrogens with one attached hydrogen (secondary N) is 1. The van der Waals surface area contributed by atoms with Gasteiger partial charge in [-0.25, -0.2) is 4.98 Å². The van der Waals surface area contributed by atoms with E-state index in [1.165, 1.54) is 0 Å². The molecule has 0 aliphatic heterocycles. The van der Waals surface area contributed by atoms with E-state index in [0.717, 1.165) is 22.5 Å². The third-order valence-electron chi connectivity index (χ3n) is 4.58. The average Bonchev–Trinajstić information content (AvgIpc) is 3.21. The van der Waals surface area contributed by atoms with E-state index in [4.69, 9.17) is 4.74 Å². The number of hydrogen-bond donors (Lipinski definition) is 1. The van der Waals surface area contributed by atoms with Gasteiger partial charge in [0.1, 0.15) is 11.4 Å². The van der Waals surface area contributed by atoms with Gasteiger partial charge in [0, 0.05) is 18.6 Å². The maximum absolute atomic E-state index is 13.0. The van der Waals surface area contributed by atoms with Gasteiger partial charge in [-0.2, -0.15) is 0 Å². The van der Waals surface area contributed by atoms with Crippen LogP contribution in [0.4, 0.5) is 0 Å². The van der Waals surface area contributed by atoms with Gasteiger partial charge < -0.3 is 14.5 Å². The zero-order valence-corrected chi connectivity index (χ0v) is 15.6. The molecule has 0 aliphatic rings. The van der Waals surface area contributed by atoms with Crippen LogP contribution >= 0.6 is 0 Å². The molecule has 1 amide bonds. The van der Waals surface area contributed by atoms with Crippen LogP contribution in [0.15, 0.2) is 85.3 Å². The van der Waals surface area contributed by atoms with Crippen LogP contribution < -0.4 is 10.1 Å². The van der Waals surface area contributed by atoms with Gasteiger partial charge in [-0.05, 0) is 42.3 Å². The van der Waals surface area contributed by atoms with Crippen molar-refractivity contribution in [1.82, 2.24) is 14.7 Å². The summed E-state index contributed by atoms with van der Waals surface area (Å²) in [7, 11) is 0. The quantitative estimate of drug-likeness (QED) is 0.551. The van der Waals surface area contributed by atoms with Gasteiger partial charge in [0.15, 0.2) is 0 Å². The summed E-state index contributed by atoms with van der Waals surface area (Å²) in [6, 6.07) is 21.1. The highest BCUT2D eigenvalue weighted by Crippen LogP contribution is 2.25. The minimum Gasteiger partial charge on any atom is -0.494 e. The fraction of sp³-hybridized carbons (Fsp3) is 0.130. The number of pyridine rings is 1. The molecule has 5 heteroatoms. The second-order valence-corrected chi connectivity index (χ2v) is 6.43. The lowest BCUT2D eigenvalue weighted by atomic mass is 9.98. The summed E-state index contributed by atoms with van der Waals surface area (Å²) in [6.07, 6.45) is 5.33. The van der Waals surface area contributed by atoms with E-state index in [2.05, 4.69) is 10.3 Å². The van der Waals surface area contributed by atoms with E-state index in [1.54, 1.807) is 18.5 Å². The smallest absolute Gasteiger partial charge is 0.253 e. The number of benzene rings is 2. The average molecular weight is 371 g/mol. The molecular weight excluding hydrogens is 350 g/mol. The Morgan fingerprint density at radius 2 is 1.79 bits per heavy atom. The van der Waals surface area contributed by atoms with Crippen molar-refractivity contribution in [3.63, 3.8) is 0 Å². The van der Waals surface area contributed by atoms with Crippen molar-refractivity contribution in [2.75, 3.05) is 6.61 Å². The summed E-state index contributed by atoms with van der Waals surface area (Å²) in [5.74, 6) is 0.674. The molecule has 0 saturated carbocycles. The zero-order chi connectivity index (χ0) is 19.3. The molecule has 0 bridgehead atoms. The van der Waals surface area contributed by atoms with Crippen LogP contribution in [0.25, 0.3) is 5.65 Å². The van der Waals surface area contributed by atoms with E-state index in [1.807, 2.05) is 78.2 Å². The monoisotopic (exact) mass is 371 g/mol. The minimum absolute atomic E-state index is 0.140. The second-order valence-electron chi connectivity index (χ2n) is 6.43. The van der Waals surface area contributed by atoms with Gasteiger partial charge in [-0.3, -0.25) is 4.79 Å². The first-order valence-electron chi connectivity index (χ1n) is 9.26. The molecule has 0 radical (unpaired) electrons. The van der Waals surface area contributed by atoms with Gasteiger partial charge in [-0.1, -0.05) is 42.5 Å². The van der Waals surface area contributed by atoms with Gasteiger partial charge in [-0.15, -0.1) is 0 Å². The van der Waals surface area contributed by atoms with Crippen LogP contribution in [0.3, 0.4) is 0 Å². The predicted molar refractivity (Wildman–Crippen MR) is 109 cm³/mol. The maximum atomic E-state index is 13.0. The summed E-state index contributed by atoms with van der Waals surface area (Å²) in [6.45, 7) is 2.58. The lowest BCUT2D eigenvalue weighted by Crippen LogP contribution is -2.29. The highest BCUT2D eigenvalue weighted by molar-refractivity contribution is 5.94. The second kappa shape index (κ2) is 7.96. The molecule has 2 heterocycles. The fourth-order valence-corrected chi connectivity index (χ4v) is 3.20. The fourth-order valence-electron chi connectivity index (χ4n) is 3.20. The van der Waals surface area contributed by atoms with Crippen molar-refractivity contribution < 1.29 is 9.53 Å². The molecule has 4 rings (SSSR count). The molecule has 5 nitrogen and oxygen atoms in total. The van der Waals surface area contributed by atoms with Gasteiger partial charge >= 0.3 is 0 Å². The Hall–Kier alpha value is -3.60. The predicted octanol–water partition coefficient (Wildman–Crippen LogP) is 4.25. The molecule has 0 spiro atoms. The number of rotatable bonds is 6. The topological polar surface area (TPSA) is 55.6 Å². The minimum atomic E-state index is -0.261. The first kappa shape index (κ1) is 17.8. The molecule has 4 aromatic rings. The number of ether oxygens (including phenoxy) is 1. The Bertz CT molecular complexity index is 1070. The molecular formula is C23H21N3O2. The van der Waals surface area contributed by atoms with E-state index < -0.39 is 0 Å². The van der Waals surface area contributed by atoms with Crippen LogP contribution in [0.2, 0.25) is 0 Å². The van der Waals surface area contributed by atoms with E-state index in [0.29, 0.717) is 12.2 Å². The highest BCUT2D eigenvalue weighted by Gasteiger charge is 2.18. The van der Waals surface area contributed by atoms with E-state index >= 15 is 0 Å². The normalized spacial score (nSPS) is 11.9. The molecule has 2 aromatic carbocycles. The lowest BCUT2D eigenvalue weighted by molar-refractivity contribution is 0.0942. The summed E-state index contributed by atoms with van der Waals surface area (Å²) in [4.78, 5) is 17.2. The molecule has 140 valence electrons. The third-order valence-corrected chi connectivity index (χ3v) is 4.58. The maximum Gasteiger partial charge on any atom is 0.253 e. The molecule has 1 unspecified atom stereocenters. The first-order chi connectivity index (χ1) is 13.7. The lowest BCUT2D eigenvalue weighted by Gasteiger charge is -2.20. The van der Waals surface area contributed by atoms with Crippen molar-refractivity contribution in [3.05, 3.63) is 102 Å². The number of fused-ring (bicyclic) bond motifs is 1. The number of imidazole rings is 1. The number of nitrogens with zero attached hydrogens (tertiary/aromatic N) is 2. The Morgan fingerprint density at radius 1 is 1.04 bits per heavy atom. The van der Waals surface area contributed by atoms with Crippen molar-refractivity contribution >= 4 is 11.6 Å². The Kier molecular flexibility index (Phi) is 5.06. The SMILES string of the molecule is CCOc1ccc(C(NC(=O)c2ccc3nccn3c2)c2ccccc2)cc1. The standard InChI is InChI=1S/C23H21N3O2/c1-2-28-20-11-8-18(9-12-20)22(17-6-4-3-5-7-17)25-23(27)19-10-13-21-24-14-15-26(21)16-19/h3-16,22H,2H2,1H3,(H,25,27). The summed E-state index contributed by atoms with van der Waals surface area (Å²) < 4.78 is 7.37. The van der Waals surface area contributed by atoms with E-state index in [9.17, 15) is 4.79 Å². The Balaban J connectivity index is 1.64. The molecule has 1 N–H and O–H groups in total. The van der Waals surface area contributed by atoms with Crippen molar-refractivity contribution in [2.45, 2.75) is 13.0 Å². The zero-order valence-electron chi connectivity index (χ0n) is 15.6. The number of aromatic nitrogens is 2. The molecule has 0 aliphatic carbocycles. The summed E-state index contributed by atoms with van der Waals surface area (Å²) >= 11 is 0. The van der Waals surface area contributed by atoms with Crippen LogP contribution in [0, 0.1) is 0 Å². The molecule has 28 heavy (non-hydrogen) atoms. The van der Waals surface area contributed by atoms with Crippen LogP contribution in [-0.2, 0) is 0 Å². The van der Waals surface area contributed by atoms with Gasteiger partial charge in [0.25, 0.3) is 5.91 Å². The number of amides is 1. The van der Waals surface area contributed by atoms with Gasteiger partial charge in [0.2, 0.25) is 0 Å². The first-order valence-corrected chi connectivity index (χ1v) is 9.26. The molecule has 0 fully saturated rings. The number of hydrogen-bond acceptors (Lipinski definition) is 3. The molecule has 1 atom stereocenters. The van der Waals surface area contributed by atoms with Crippen LogP contribution in [0.5, 0.6) is 5.75 Å². The largest absolute Gasteiger partial charge is 0.494 e. The summed E-state index contributed by atoms with van der Waals surface area (Å²) in [5.41, 5.74) is 3.40. The van der Waals surface area contributed by atoms with Crippen LogP contribution in [0.1, 0.15) is 34.5 Å². The highest BCUT2D eigenvalue weighted by atomic mass is 16.5. The number of carbonyl (C=O) groups is 1. The molecule has 0 saturated heterocycles.